The molecule has 1 saturated heterocycles. The van der Waals surface area contributed by atoms with E-state index in [-0.39, 0.29) is 29.0 Å². The lowest BCUT2D eigenvalue weighted by Crippen LogP contribution is -2.38. The summed E-state index contributed by atoms with van der Waals surface area (Å²) in [4.78, 5) is 34.0. The van der Waals surface area contributed by atoms with Gasteiger partial charge in [-0.05, 0) is 66.8 Å². The molecule has 1 aliphatic heterocycles. The highest BCUT2D eigenvalue weighted by molar-refractivity contribution is 6.32. The molecule has 0 atom stereocenters. The molecule has 0 unspecified atom stereocenters. The number of likely N-dealkylation sites (tertiary alicyclic amines) is 1. The maximum Gasteiger partial charge on any atom is 0.434 e. The van der Waals surface area contributed by atoms with E-state index in [1.807, 2.05) is 17.0 Å². The SMILES string of the molecule is O=C(O)c1cnn(-c2nccc(-c3cccc(Cl)c3OCc3ccc(C4CCN(C(=O)CC5CC5)CC4)cc3)n2)c1C(F)(F)F. The maximum atomic E-state index is 13.8. The number of para-hydroxylation sites is 1. The Kier molecular flexibility index (Phi) is 8.50. The molecule has 1 saturated carbocycles. The first-order valence-electron chi connectivity index (χ1n) is 14.6. The number of carboxylic acids is 1. The normalized spacial score (nSPS) is 15.7. The summed E-state index contributed by atoms with van der Waals surface area (Å²) in [5.41, 5.74) is 0.199. The Morgan fingerprint density at radius 2 is 1.76 bits per heavy atom. The first kappa shape index (κ1) is 30.6. The number of hydrogen-bond donors (Lipinski definition) is 1. The summed E-state index contributed by atoms with van der Waals surface area (Å²) in [5.74, 6) is -0.713. The van der Waals surface area contributed by atoms with Crippen LogP contribution in [-0.2, 0) is 17.6 Å². The first-order chi connectivity index (χ1) is 21.6. The first-order valence-corrected chi connectivity index (χ1v) is 15.0. The molecule has 1 N–H and O–H groups in total. The zero-order valence-electron chi connectivity index (χ0n) is 24.0. The molecule has 2 aliphatic rings. The van der Waals surface area contributed by atoms with Crippen molar-refractivity contribution in [1.29, 1.82) is 0 Å². The van der Waals surface area contributed by atoms with Crippen molar-refractivity contribution in [2.24, 2.45) is 5.92 Å². The monoisotopic (exact) mass is 639 g/mol. The summed E-state index contributed by atoms with van der Waals surface area (Å²) >= 11 is 6.49. The minimum atomic E-state index is -5.02. The molecule has 0 bridgehead atoms. The summed E-state index contributed by atoms with van der Waals surface area (Å²) in [6.07, 6.45) is 1.72. The number of alkyl halides is 3. The number of benzene rings is 2. The summed E-state index contributed by atoms with van der Waals surface area (Å²) in [5, 5.41) is 13.1. The number of aromatic nitrogens is 4. The minimum absolute atomic E-state index is 0.169. The van der Waals surface area contributed by atoms with Crippen LogP contribution in [0.4, 0.5) is 13.2 Å². The van der Waals surface area contributed by atoms with Gasteiger partial charge in [0.2, 0.25) is 5.91 Å². The predicted octanol–water partition coefficient (Wildman–Crippen LogP) is 6.78. The van der Waals surface area contributed by atoms with Gasteiger partial charge in [-0.25, -0.2) is 14.8 Å². The molecule has 6 rings (SSSR count). The highest BCUT2D eigenvalue weighted by Crippen LogP contribution is 2.38. The van der Waals surface area contributed by atoms with E-state index in [1.54, 1.807) is 18.2 Å². The number of aromatic carboxylic acids is 1. The number of halogens is 4. The zero-order valence-corrected chi connectivity index (χ0v) is 24.8. The van der Waals surface area contributed by atoms with Crippen LogP contribution in [0.5, 0.6) is 5.75 Å². The van der Waals surface area contributed by atoms with Gasteiger partial charge in [0, 0.05) is 31.3 Å². The molecule has 45 heavy (non-hydrogen) atoms. The quantitative estimate of drug-likeness (QED) is 0.215. The summed E-state index contributed by atoms with van der Waals surface area (Å²) in [6.45, 7) is 1.72. The molecule has 2 aromatic carbocycles. The molecule has 0 spiro atoms. The van der Waals surface area contributed by atoms with Gasteiger partial charge in [-0.3, -0.25) is 4.79 Å². The van der Waals surface area contributed by atoms with Crippen molar-refractivity contribution < 1.29 is 32.6 Å². The number of carbonyl (C=O) groups excluding carboxylic acids is 1. The van der Waals surface area contributed by atoms with Gasteiger partial charge in [-0.2, -0.15) is 23.0 Å². The second-order valence-corrected chi connectivity index (χ2v) is 11.7. The van der Waals surface area contributed by atoms with E-state index < -0.39 is 29.4 Å². The van der Waals surface area contributed by atoms with Crippen molar-refractivity contribution in [2.45, 2.75) is 50.8 Å². The van der Waals surface area contributed by atoms with Crippen molar-refractivity contribution in [3.8, 4) is 23.0 Å². The summed E-state index contributed by atoms with van der Waals surface area (Å²) in [6, 6.07) is 14.5. The summed E-state index contributed by atoms with van der Waals surface area (Å²) in [7, 11) is 0. The number of amides is 1. The third kappa shape index (κ3) is 6.80. The van der Waals surface area contributed by atoms with Crippen molar-refractivity contribution in [3.05, 3.63) is 88.3 Å². The van der Waals surface area contributed by atoms with Gasteiger partial charge in [-0.1, -0.05) is 41.9 Å². The average Bonchev–Trinajstić information content (AvgIpc) is 3.72. The molecule has 4 aromatic rings. The van der Waals surface area contributed by atoms with Crippen molar-refractivity contribution in [3.63, 3.8) is 0 Å². The van der Waals surface area contributed by atoms with E-state index in [1.165, 1.54) is 30.7 Å². The third-order valence-electron chi connectivity index (χ3n) is 8.19. The van der Waals surface area contributed by atoms with E-state index >= 15 is 0 Å². The Balaban J connectivity index is 1.16. The third-order valence-corrected chi connectivity index (χ3v) is 8.48. The van der Waals surface area contributed by atoms with Crippen LogP contribution in [0.25, 0.3) is 17.2 Å². The number of hydrogen-bond acceptors (Lipinski definition) is 6. The van der Waals surface area contributed by atoms with Gasteiger partial charge in [0.05, 0.1) is 16.9 Å². The Hall–Kier alpha value is -4.45. The number of nitrogens with zero attached hydrogens (tertiary/aromatic N) is 5. The van der Waals surface area contributed by atoms with Gasteiger partial charge < -0.3 is 14.7 Å². The van der Waals surface area contributed by atoms with Gasteiger partial charge in [0.25, 0.3) is 5.95 Å². The Bertz CT molecular complexity index is 1710. The van der Waals surface area contributed by atoms with E-state index in [4.69, 9.17) is 16.3 Å². The predicted molar refractivity (Wildman–Crippen MR) is 158 cm³/mol. The van der Waals surface area contributed by atoms with E-state index in [2.05, 4.69) is 27.2 Å². The molecule has 9 nitrogen and oxygen atoms in total. The molecular formula is C32H29ClF3N5O4. The fourth-order valence-corrected chi connectivity index (χ4v) is 5.82. The lowest BCUT2D eigenvalue weighted by molar-refractivity contribution is -0.143. The fraction of sp³-hybridized carbons (Fsp3) is 0.344. The van der Waals surface area contributed by atoms with Crippen LogP contribution in [0.3, 0.4) is 0 Å². The van der Waals surface area contributed by atoms with Crippen LogP contribution in [0, 0.1) is 5.92 Å². The highest BCUT2D eigenvalue weighted by Gasteiger charge is 2.41. The van der Waals surface area contributed by atoms with E-state index in [0.29, 0.717) is 34.7 Å². The van der Waals surface area contributed by atoms with Crippen LogP contribution in [0.15, 0.2) is 60.9 Å². The van der Waals surface area contributed by atoms with Crippen molar-refractivity contribution >= 4 is 23.5 Å². The Morgan fingerprint density at radius 3 is 2.42 bits per heavy atom. The molecular weight excluding hydrogens is 611 g/mol. The average molecular weight is 640 g/mol. The standard InChI is InChI=1S/C32H29ClF3N5O4/c33-25-3-1-2-23(26-10-13-37-31(39-26)41-29(32(34,35)36)24(17-38-41)30(43)44)28(25)45-18-20-6-8-21(9-7-20)22-11-14-40(15-12-22)27(42)16-19-4-5-19/h1-3,6-10,13,17,19,22H,4-5,11-12,14-16,18H2,(H,43,44). The van der Waals surface area contributed by atoms with E-state index in [9.17, 15) is 27.9 Å². The second kappa shape index (κ2) is 12.5. The number of ether oxygens (including phenoxy) is 1. The van der Waals surface area contributed by atoms with Gasteiger partial charge in [-0.15, -0.1) is 0 Å². The highest BCUT2D eigenvalue weighted by atomic mass is 35.5. The van der Waals surface area contributed by atoms with Crippen LogP contribution >= 0.6 is 11.6 Å². The number of rotatable bonds is 9. The van der Waals surface area contributed by atoms with Gasteiger partial charge in [0.15, 0.2) is 5.69 Å². The molecule has 1 aliphatic carbocycles. The molecule has 1 amide bonds. The molecule has 13 heteroatoms. The Labute approximate surface area is 261 Å². The zero-order chi connectivity index (χ0) is 31.7. The maximum absolute atomic E-state index is 13.8. The topological polar surface area (TPSA) is 110 Å². The lowest BCUT2D eigenvalue weighted by atomic mass is 9.89. The fourth-order valence-electron chi connectivity index (χ4n) is 5.59. The number of carboxylic acid groups (broad SMARTS) is 1. The van der Waals surface area contributed by atoms with Crippen LogP contribution < -0.4 is 4.74 Å². The molecule has 234 valence electrons. The van der Waals surface area contributed by atoms with Crippen molar-refractivity contribution in [2.75, 3.05) is 13.1 Å². The molecule has 3 heterocycles. The molecule has 0 radical (unpaired) electrons. The lowest BCUT2D eigenvalue weighted by Gasteiger charge is -2.32. The van der Waals surface area contributed by atoms with E-state index in [0.717, 1.165) is 31.5 Å². The van der Waals surface area contributed by atoms with Crippen molar-refractivity contribution in [1.82, 2.24) is 24.6 Å². The molecule has 2 fully saturated rings. The van der Waals surface area contributed by atoms with Crippen LogP contribution in [0.2, 0.25) is 5.02 Å². The summed E-state index contributed by atoms with van der Waals surface area (Å²) < 4.78 is 47.8. The smallest absolute Gasteiger partial charge is 0.434 e. The Morgan fingerprint density at radius 1 is 1.02 bits per heavy atom. The minimum Gasteiger partial charge on any atom is -0.487 e. The molecule has 2 aromatic heterocycles. The largest absolute Gasteiger partial charge is 0.487 e. The van der Waals surface area contributed by atoms with Crippen LogP contribution in [0.1, 0.15) is 65.2 Å². The second-order valence-electron chi connectivity index (χ2n) is 11.3. The van der Waals surface area contributed by atoms with Crippen LogP contribution in [-0.4, -0.2) is 54.7 Å². The number of piperidine rings is 1. The number of carbonyl (C=O) groups is 2. The van der Waals surface area contributed by atoms with Gasteiger partial charge in [0.1, 0.15) is 17.9 Å². The van der Waals surface area contributed by atoms with Gasteiger partial charge >= 0.3 is 12.1 Å².